The zero-order chi connectivity index (χ0) is 12.9. The monoisotopic (exact) mass is 275 g/mol. The lowest BCUT2D eigenvalue weighted by molar-refractivity contribution is -0.116. The molecule has 0 radical (unpaired) electrons. The van der Waals surface area contributed by atoms with Gasteiger partial charge >= 0.3 is 0 Å². The summed E-state index contributed by atoms with van der Waals surface area (Å²) in [5, 5.41) is 3.19. The third-order valence-corrected chi connectivity index (χ3v) is 3.29. The summed E-state index contributed by atoms with van der Waals surface area (Å²) >= 11 is 5.76. The van der Waals surface area contributed by atoms with E-state index in [1.807, 2.05) is 0 Å². The Hall–Kier alpha value is -1.07. The van der Waals surface area contributed by atoms with Crippen molar-refractivity contribution in [1.29, 1.82) is 0 Å². The van der Waals surface area contributed by atoms with Gasteiger partial charge in [-0.1, -0.05) is 17.7 Å². The Morgan fingerprint density at radius 2 is 2.12 bits per heavy atom. The minimum atomic E-state index is -3.00. The summed E-state index contributed by atoms with van der Waals surface area (Å²) in [7, 11) is -3.00. The fourth-order valence-electron chi connectivity index (χ4n) is 1.28. The molecule has 0 unspecified atom stereocenters. The van der Waals surface area contributed by atoms with Crippen molar-refractivity contribution in [1.82, 2.24) is 0 Å². The van der Waals surface area contributed by atoms with Crippen molar-refractivity contribution in [2.75, 3.05) is 17.3 Å². The molecule has 0 saturated heterocycles. The number of carbonyl (C=O) groups excluding carboxylic acids is 1. The first-order chi connectivity index (χ1) is 7.87. The van der Waals surface area contributed by atoms with E-state index in [2.05, 4.69) is 5.32 Å². The Labute approximate surface area is 106 Å². The Morgan fingerprint density at radius 3 is 2.71 bits per heavy atom. The van der Waals surface area contributed by atoms with E-state index in [1.54, 1.807) is 24.3 Å². The van der Waals surface area contributed by atoms with Gasteiger partial charge in [0.15, 0.2) is 0 Å². The normalized spacial score (nSPS) is 11.2. The van der Waals surface area contributed by atoms with Crippen LogP contribution >= 0.6 is 11.6 Å². The van der Waals surface area contributed by atoms with Crippen molar-refractivity contribution < 1.29 is 13.2 Å². The highest BCUT2D eigenvalue weighted by Gasteiger charge is 2.06. The molecule has 0 heterocycles. The zero-order valence-electron chi connectivity index (χ0n) is 9.44. The number of anilines is 1. The van der Waals surface area contributed by atoms with Crippen LogP contribution in [-0.2, 0) is 14.6 Å². The highest BCUT2D eigenvalue weighted by atomic mass is 35.5. The van der Waals surface area contributed by atoms with Crippen LogP contribution in [0.4, 0.5) is 5.69 Å². The smallest absolute Gasteiger partial charge is 0.224 e. The van der Waals surface area contributed by atoms with Crippen molar-refractivity contribution in [3.05, 3.63) is 29.3 Å². The largest absolute Gasteiger partial charge is 0.326 e. The highest BCUT2D eigenvalue weighted by Crippen LogP contribution is 2.15. The SMILES string of the molecule is CS(=O)(=O)CCCC(=O)Nc1cccc(Cl)c1. The predicted molar refractivity (Wildman–Crippen MR) is 69.0 cm³/mol. The van der Waals surface area contributed by atoms with E-state index in [1.165, 1.54) is 0 Å². The number of sulfone groups is 1. The summed E-state index contributed by atoms with van der Waals surface area (Å²) < 4.78 is 21.7. The molecule has 1 aromatic carbocycles. The fraction of sp³-hybridized carbons (Fsp3) is 0.364. The molecule has 0 aliphatic rings. The summed E-state index contributed by atoms with van der Waals surface area (Å²) in [6.45, 7) is 0. The van der Waals surface area contributed by atoms with Gasteiger partial charge in [-0.2, -0.15) is 0 Å². The van der Waals surface area contributed by atoms with Gasteiger partial charge in [0, 0.05) is 23.4 Å². The van der Waals surface area contributed by atoms with Crippen molar-refractivity contribution in [2.45, 2.75) is 12.8 Å². The van der Waals surface area contributed by atoms with Gasteiger partial charge < -0.3 is 5.32 Å². The van der Waals surface area contributed by atoms with Gasteiger partial charge in [-0.25, -0.2) is 8.42 Å². The number of nitrogens with one attached hydrogen (secondary N) is 1. The summed E-state index contributed by atoms with van der Waals surface area (Å²) in [5.74, 6) is -0.188. The number of hydrogen-bond acceptors (Lipinski definition) is 3. The zero-order valence-corrected chi connectivity index (χ0v) is 11.0. The Morgan fingerprint density at radius 1 is 1.41 bits per heavy atom. The van der Waals surface area contributed by atoms with Crippen LogP contribution < -0.4 is 5.32 Å². The number of rotatable bonds is 5. The molecule has 0 aliphatic heterocycles. The van der Waals surface area contributed by atoms with Crippen molar-refractivity contribution in [3.8, 4) is 0 Å². The molecular formula is C11H14ClNO3S. The van der Waals surface area contributed by atoms with Crippen LogP contribution in [0.1, 0.15) is 12.8 Å². The van der Waals surface area contributed by atoms with Crippen LogP contribution in [0.5, 0.6) is 0 Å². The van der Waals surface area contributed by atoms with E-state index in [0.717, 1.165) is 6.26 Å². The molecule has 1 rings (SSSR count). The summed E-state index contributed by atoms with van der Waals surface area (Å²) in [6.07, 6.45) is 1.66. The average molecular weight is 276 g/mol. The molecule has 4 nitrogen and oxygen atoms in total. The standard InChI is InChI=1S/C11H14ClNO3S/c1-17(15,16)7-3-6-11(14)13-10-5-2-4-9(12)8-10/h2,4-5,8H,3,6-7H2,1H3,(H,13,14). The van der Waals surface area contributed by atoms with E-state index < -0.39 is 9.84 Å². The van der Waals surface area contributed by atoms with Crippen LogP contribution in [0.3, 0.4) is 0 Å². The molecule has 0 fully saturated rings. The van der Waals surface area contributed by atoms with E-state index >= 15 is 0 Å². The Balaban J connectivity index is 2.40. The highest BCUT2D eigenvalue weighted by molar-refractivity contribution is 7.90. The average Bonchev–Trinajstić information content (AvgIpc) is 2.15. The van der Waals surface area contributed by atoms with Gasteiger partial charge in [0.05, 0.1) is 5.75 Å². The third-order valence-electron chi connectivity index (χ3n) is 2.03. The second-order valence-corrected chi connectivity index (χ2v) is 6.49. The van der Waals surface area contributed by atoms with Crippen molar-refractivity contribution >= 4 is 33.0 Å². The molecule has 0 aromatic heterocycles. The number of benzene rings is 1. The molecule has 0 saturated carbocycles. The number of amides is 1. The summed E-state index contributed by atoms with van der Waals surface area (Å²) in [6, 6.07) is 6.80. The molecule has 1 N–H and O–H groups in total. The molecule has 17 heavy (non-hydrogen) atoms. The van der Waals surface area contributed by atoms with Crippen LogP contribution in [0, 0.1) is 0 Å². The minimum Gasteiger partial charge on any atom is -0.326 e. The molecule has 1 aromatic rings. The molecule has 1 amide bonds. The molecule has 0 bridgehead atoms. The van der Waals surface area contributed by atoms with Gasteiger partial charge in [-0.3, -0.25) is 4.79 Å². The maximum atomic E-state index is 11.5. The Bertz CT molecular complexity index is 499. The summed E-state index contributed by atoms with van der Waals surface area (Å²) in [5.41, 5.74) is 0.613. The first-order valence-electron chi connectivity index (χ1n) is 5.10. The molecular weight excluding hydrogens is 262 g/mol. The van der Waals surface area contributed by atoms with Gasteiger partial charge in [0.25, 0.3) is 0 Å². The van der Waals surface area contributed by atoms with E-state index in [4.69, 9.17) is 11.6 Å². The molecule has 0 aliphatic carbocycles. The molecule has 0 atom stereocenters. The first kappa shape index (κ1) is 14.0. The second kappa shape index (κ2) is 6.02. The van der Waals surface area contributed by atoms with Gasteiger partial charge in [-0.15, -0.1) is 0 Å². The second-order valence-electron chi connectivity index (χ2n) is 3.79. The first-order valence-corrected chi connectivity index (χ1v) is 7.54. The van der Waals surface area contributed by atoms with Gasteiger partial charge in [0.1, 0.15) is 9.84 Å². The quantitative estimate of drug-likeness (QED) is 0.895. The number of hydrogen-bond donors (Lipinski definition) is 1. The van der Waals surface area contributed by atoms with Crippen LogP contribution in [0.15, 0.2) is 24.3 Å². The summed E-state index contributed by atoms with van der Waals surface area (Å²) in [4.78, 5) is 11.5. The lowest BCUT2D eigenvalue weighted by atomic mass is 10.3. The van der Waals surface area contributed by atoms with E-state index in [0.29, 0.717) is 17.1 Å². The molecule has 0 spiro atoms. The van der Waals surface area contributed by atoms with Crippen LogP contribution in [0.25, 0.3) is 0 Å². The van der Waals surface area contributed by atoms with Crippen molar-refractivity contribution in [3.63, 3.8) is 0 Å². The number of halogens is 1. The lowest BCUT2D eigenvalue weighted by Gasteiger charge is -2.05. The maximum absolute atomic E-state index is 11.5. The predicted octanol–water partition coefficient (Wildman–Crippen LogP) is 2.10. The minimum absolute atomic E-state index is 0.0238. The van der Waals surface area contributed by atoms with E-state index in [-0.39, 0.29) is 18.1 Å². The third kappa shape index (κ3) is 6.28. The topological polar surface area (TPSA) is 63.2 Å². The molecule has 94 valence electrons. The van der Waals surface area contributed by atoms with Crippen LogP contribution in [0.2, 0.25) is 5.02 Å². The molecule has 6 heteroatoms. The maximum Gasteiger partial charge on any atom is 0.224 e. The lowest BCUT2D eigenvalue weighted by Crippen LogP contribution is -2.13. The van der Waals surface area contributed by atoms with E-state index in [9.17, 15) is 13.2 Å². The van der Waals surface area contributed by atoms with Gasteiger partial charge in [-0.05, 0) is 24.6 Å². The van der Waals surface area contributed by atoms with Crippen molar-refractivity contribution in [2.24, 2.45) is 0 Å². The Kier molecular flexibility index (Phi) is 4.96. The van der Waals surface area contributed by atoms with Crippen LogP contribution in [-0.4, -0.2) is 26.3 Å². The van der Waals surface area contributed by atoms with Gasteiger partial charge in [0.2, 0.25) is 5.91 Å². The fourth-order valence-corrected chi connectivity index (χ4v) is 2.14. The number of carbonyl (C=O) groups is 1.